The van der Waals surface area contributed by atoms with Crippen LogP contribution in [0.4, 0.5) is 5.82 Å². The Kier molecular flexibility index (Phi) is 2.79. The van der Waals surface area contributed by atoms with Crippen molar-refractivity contribution in [3.8, 4) is 0 Å². The zero-order chi connectivity index (χ0) is 12.6. The normalized spacial score (nSPS) is 11.6. The molecule has 2 rings (SSSR count). The van der Waals surface area contributed by atoms with Crippen LogP contribution in [-0.4, -0.2) is 23.2 Å². The first kappa shape index (κ1) is 11.9. The number of nitrogens with zero attached hydrogens (tertiary/aromatic N) is 2. The number of aromatic amines is 1. The highest BCUT2D eigenvalue weighted by atomic mass is 32.2. The van der Waals surface area contributed by atoms with Gasteiger partial charge in [-0.05, 0) is 6.92 Å². The van der Waals surface area contributed by atoms with E-state index >= 15 is 0 Å². The van der Waals surface area contributed by atoms with Crippen LogP contribution in [0.15, 0.2) is 21.3 Å². The fraction of sp³-hybridized carbons (Fsp3) is 0.250. The fourth-order valence-electron chi connectivity index (χ4n) is 1.30. The number of rotatable bonds is 3. The minimum atomic E-state index is -3.75. The van der Waals surface area contributed by atoms with E-state index in [1.54, 1.807) is 13.2 Å². The zero-order valence-electron chi connectivity index (χ0n) is 9.09. The molecule has 0 aromatic carbocycles. The third kappa shape index (κ3) is 2.39. The third-order valence-corrected chi connectivity index (χ3v) is 4.94. The number of aryl methyl sites for hydroxylation is 2. The molecule has 2 aromatic heterocycles. The van der Waals surface area contributed by atoms with E-state index < -0.39 is 14.9 Å². The monoisotopic (exact) mass is 274 g/mol. The molecule has 0 radical (unpaired) electrons. The minimum absolute atomic E-state index is 0.0202. The van der Waals surface area contributed by atoms with Gasteiger partial charge in [-0.1, -0.05) is 11.3 Å². The van der Waals surface area contributed by atoms with E-state index in [1.807, 2.05) is 0 Å². The Balaban J connectivity index is 2.37. The topological polar surface area (TPSA) is 96.9 Å². The van der Waals surface area contributed by atoms with Crippen molar-refractivity contribution in [1.82, 2.24) is 14.8 Å². The summed E-state index contributed by atoms with van der Waals surface area (Å²) in [6.45, 7) is 1.53. The molecular weight excluding hydrogens is 264 g/mol. The summed E-state index contributed by atoms with van der Waals surface area (Å²) in [4.78, 5) is 13.1. The van der Waals surface area contributed by atoms with E-state index in [1.165, 1.54) is 17.7 Å². The van der Waals surface area contributed by atoms with E-state index in [-0.39, 0.29) is 10.0 Å². The Labute approximate surface area is 101 Å². The Morgan fingerprint density at radius 1 is 1.53 bits per heavy atom. The quantitative estimate of drug-likeness (QED) is 0.840. The van der Waals surface area contributed by atoms with Crippen LogP contribution < -0.4 is 9.60 Å². The summed E-state index contributed by atoms with van der Waals surface area (Å²) in [5.41, 5.74) is 0.323. The summed E-state index contributed by atoms with van der Waals surface area (Å²) in [6, 6.07) is 1.53. The molecule has 0 bridgehead atoms. The minimum Gasteiger partial charge on any atom is -0.315 e. The van der Waals surface area contributed by atoms with Crippen molar-refractivity contribution < 1.29 is 8.42 Å². The maximum absolute atomic E-state index is 11.9. The number of nitrogens with one attached hydrogen (secondary N) is 2. The van der Waals surface area contributed by atoms with Gasteiger partial charge in [0.15, 0.2) is 10.0 Å². The summed E-state index contributed by atoms with van der Waals surface area (Å²) in [5.74, 6) is 0.216. The summed E-state index contributed by atoms with van der Waals surface area (Å²) in [7, 11) is -2.07. The maximum Gasteiger partial charge on any atom is 0.306 e. The van der Waals surface area contributed by atoms with Gasteiger partial charge in [0, 0.05) is 25.0 Å². The van der Waals surface area contributed by atoms with E-state index in [0.29, 0.717) is 17.0 Å². The van der Waals surface area contributed by atoms with Crippen molar-refractivity contribution in [2.24, 2.45) is 7.05 Å². The first-order chi connectivity index (χ1) is 7.88. The molecule has 0 fully saturated rings. The number of thiazole rings is 1. The van der Waals surface area contributed by atoms with Crippen LogP contribution in [0.3, 0.4) is 0 Å². The molecule has 0 atom stereocenters. The lowest BCUT2D eigenvalue weighted by atomic mass is 10.6. The van der Waals surface area contributed by atoms with Crippen molar-refractivity contribution in [1.29, 1.82) is 0 Å². The van der Waals surface area contributed by atoms with Crippen molar-refractivity contribution >= 4 is 27.2 Å². The molecule has 2 heterocycles. The Morgan fingerprint density at radius 3 is 2.71 bits per heavy atom. The number of hydrogen-bond donors (Lipinski definition) is 2. The lowest BCUT2D eigenvalue weighted by molar-refractivity contribution is 0.602. The highest BCUT2D eigenvalue weighted by molar-refractivity contribution is 7.94. The smallest absolute Gasteiger partial charge is 0.306 e. The van der Waals surface area contributed by atoms with Gasteiger partial charge in [0.1, 0.15) is 0 Å². The Bertz CT molecular complexity index is 694. The van der Waals surface area contributed by atoms with Gasteiger partial charge in [-0.2, -0.15) is 5.10 Å². The average molecular weight is 274 g/mol. The number of sulfonamides is 1. The summed E-state index contributed by atoms with van der Waals surface area (Å²) in [6.07, 6.45) is 1.62. The summed E-state index contributed by atoms with van der Waals surface area (Å²) in [5, 5.41) is 3.90. The van der Waals surface area contributed by atoms with Gasteiger partial charge in [-0.15, -0.1) is 0 Å². The van der Waals surface area contributed by atoms with Crippen LogP contribution in [0.1, 0.15) is 5.69 Å². The lowest BCUT2D eigenvalue weighted by Crippen LogP contribution is -2.13. The van der Waals surface area contributed by atoms with Gasteiger partial charge in [0.05, 0.1) is 0 Å². The van der Waals surface area contributed by atoms with Gasteiger partial charge in [-0.25, -0.2) is 8.42 Å². The van der Waals surface area contributed by atoms with Crippen LogP contribution in [0, 0.1) is 6.92 Å². The molecule has 0 aliphatic heterocycles. The maximum atomic E-state index is 11.9. The van der Waals surface area contributed by atoms with E-state index in [2.05, 4.69) is 14.8 Å². The molecule has 0 unspecified atom stereocenters. The van der Waals surface area contributed by atoms with Gasteiger partial charge in [0.2, 0.25) is 0 Å². The molecule has 9 heteroatoms. The van der Waals surface area contributed by atoms with Crippen LogP contribution in [0.2, 0.25) is 0 Å². The number of aromatic nitrogens is 3. The second kappa shape index (κ2) is 4.00. The second-order valence-corrected chi connectivity index (χ2v) is 6.27. The number of hydrogen-bond acceptors (Lipinski definition) is 5. The highest BCUT2D eigenvalue weighted by Crippen LogP contribution is 2.18. The molecule has 0 saturated heterocycles. The van der Waals surface area contributed by atoms with Crippen LogP contribution in [-0.2, 0) is 17.1 Å². The van der Waals surface area contributed by atoms with Crippen LogP contribution in [0.5, 0.6) is 0 Å². The molecule has 2 N–H and O–H groups in total. The van der Waals surface area contributed by atoms with Crippen LogP contribution in [0.25, 0.3) is 0 Å². The molecule has 92 valence electrons. The second-order valence-electron chi connectivity index (χ2n) is 3.41. The molecule has 7 nitrogen and oxygen atoms in total. The van der Waals surface area contributed by atoms with E-state index in [4.69, 9.17) is 0 Å². The summed E-state index contributed by atoms with van der Waals surface area (Å²) < 4.78 is 27.6. The highest BCUT2D eigenvalue weighted by Gasteiger charge is 2.21. The van der Waals surface area contributed by atoms with Crippen molar-refractivity contribution in [2.75, 3.05) is 4.72 Å². The van der Waals surface area contributed by atoms with Crippen molar-refractivity contribution in [2.45, 2.75) is 11.1 Å². The van der Waals surface area contributed by atoms with Crippen LogP contribution >= 0.6 is 11.3 Å². The molecule has 17 heavy (non-hydrogen) atoms. The van der Waals surface area contributed by atoms with Gasteiger partial charge < -0.3 is 4.98 Å². The summed E-state index contributed by atoms with van der Waals surface area (Å²) >= 11 is 0.651. The predicted molar refractivity (Wildman–Crippen MR) is 63.7 cm³/mol. The van der Waals surface area contributed by atoms with Crippen molar-refractivity contribution in [3.05, 3.63) is 27.6 Å². The Morgan fingerprint density at radius 2 is 2.24 bits per heavy atom. The predicted octanol–water partition coefficient (Wildman–Crippen LogP) is 0.279. The first-order valence-corrected chi connectivity index (χ1v) is 6.90. The zero-order valence-corrected chi connectivity index (χ0v) is 10.7. The SMILES string of the molecule is Cc1[nH]c(=O)sc1S(=O)(=O)Nc1ccn(C)n1. The van der Waals surface area contributed by atoms with Gasteiger partial charge >= 0.3 is 4.87 Å². The molecule has 0 aliphatic rings. The Hall–Kier alpha value is -1.61. The van der Waals surface area contributed by atoms with Gasteiger partial charge in [0.25, 0.3) is 10.0 Å². The molecule has 0 aliphatic carbocycles. The fourth-order valence-corrected chi connectivity index (χ4v) is 3.60. The standard InChI is InChI=1S/C8H10N4O3S2/c1-5-7(16-8(13)9-5)17(14,15)11-6-3-4-12(2)10-6/h3-4H,1-2H3,(H,9,13)(H,10,11). The number of anilines is 1. The largest absolute Gasteiger partial charge is 0.315 e. The van der Waals surface area contributed by atoms with E-state index in [0.717, 1.165) is 0 Å². The molecule has 0 amide bonds. The first-order valence-electron chi connectivity index (χ1n) is 4.60. The average Bonchev–Trinajstić information content (AvgIpc) is 2.72. The molecule has 0 spiro atoms. The van der Waals surface area contributed by atoms with E-state index in [9.17, 15) is 13.2 Å². The van der Waals surface area contributed by atoms with Crippen molar-refractivity contribution in [3.63, 3.8) is 0 Å². The molecular formula is C8H10N4O3S2. The van der Waals surface area contributed by atoms with Gasteiger partial charge in [-0.3, -0.25) is 14.2 Å². The number of H-pyrrole nitrogens is 1. The lowest BCUT2D eigenvalue weighted by Gasteiger charge is -2.02. The molecule has 0 saturated carbocycles. The molecule has 2 aromatic rings. The third-order valence-electron chi connectivity index (χ3n) is 1.98.